The fourth-order valence-corrected chi connectivity index (χ4v) is 2.33. The van der Waals surface area contributed by atoms with E-state index in [4.69, 9.17) is 4.52 Å². The van der Waals surface area contributed by atoms with E-state index in [2.05, 4.69) is 21.1 Å². The van der Waals surface area contributed by atoms with Gasteiger partial charge in [-0.2, -0.15) is 0 Å². The van der Waals surface area contributed by atoms with Crippen molar-refractivity contribution in [2.45, 2.75) is 0 Å². The molecule has 2 aromatic heterocycles. The van der Waals surface area contributed by atoms with Gasteiger partial charge < -0.3 is 4.52 Å². The molecule has 0 fully saturated rings. The van der Waals surface area contributed by atoms with E-state index in [1.807, 2.05) is 17.5 Å². The van der Waals surface area contributed by atoms with Crippen LogP contribution in [0.5, 0.6) is 0 Å². The first kappa shape index (κ1) is 7.06. The second-order valence-corrected chi connectivity index (χ2v) is 3.74. The zero-order valence-corrected chi connectivity index (χ0v) is 7.85. The van der Waals surface area contributed by atoms with Crippen molar-refractivity contribution in [1.29, 1.82) is 0 Å². The molecule has 0 atom stereocenters. The molecule has 0 amide bonds. The summed E-state index contributed by atoms with van der Waals surface area (Å²) in [5, 5.41) is 5.63. The van der Waals surface area contributed by atoms with Crippen molar-refractivity contribution in [1.82, 2.24) is 5.16 Å². The Morgan fingerprint density at radius 2 is 2.36 bits per heavy atom. The van der Waals surface area contributed by atoms with Gasteiger partial charge in [0.15, 0.2) is 5.76 Å². The fourth-order valence-electron chi connectivity index (χ4n) is 0.802. The van der Waals surface area contributed by atoms with Crippen LogP contribution in [0.2, 0.25) is 0 Å². The molecule has 0 spiro atoms. The summed E-state index contributed by atoms with van der Waals surface area (Å²) in [4.78, 5) is 1.09. The average Bonchev–Trinajstić information content (AvgIpc) is 2.55. The van der Waals surface area contributed by atoms with Crippen LogP contribution in [0.25, 0.3) is 10.6 Å². The van der Waals surface area contributed by atoms with Crippen molar-refractivity contribution in [2.24, 2.45) is 0 Å². The third kappa shape index (κ3) is 1.23. The zero-order chi connectivity index (χ0) is 7.68. The van der Waals surface area contributed by atoms with Gasteiger partial charge in [0.25, 0.3) is 0 Å². The number of halogens is 1. The summed E-state index contributed by atoms with van der Waals surface area (Å²) in [6, 6.07) is 3.83. The molecule has 4 heteroatoms. The van der Waals surface area contributed by atoms with Crippen LogP contribution in [0.15, 0.2) is 32.7 Å². The number of nitrogens with zero attached hydrogens (tertiary/aromatic N) is 1. The van der Waals surface area contributed by atoms with Gasteiger partial charge >= 0.3 is 0 Å². The molecule has 0 N–H and O–H groups in total. The van der Waals surface area contributed by atoms with E-state index < -0.39 is 0 Å². The number of hydrogen-bond donors (Lipinski definition) is 0. The Balaban J connectivity index is 2.53. The molecule has 2 aromatic rings. The Labute approximate surface area is 76.0 Å². The zero-order valence-electron chi connectivity index (χ0n) is 5.45. The molecule has 2 rings (SSSR count). The van der Waals surface area contributed by atoms with Crippen LogP contribution in [0.4, 0.5) is 0 Å². The van der Waals surface area contributed by atoms with Crippen LogP contribution >= 0.6 is 27.3 Å². The van der Waals surface area contributed by atoms with Gasteiger partial charge in [0, 0.05) is 10.5 Å². The number of rotatable bonds is 1. The molecule has 0 bridgehead atoms. The van der Waals surface area contributed by atoms with Crippen molar-refractivity contribution in [2.75, 3.05) is 0 Å². The van der Waals surface area contributed by atoms with Crippen molar-refractivity contribution < 1.29 is 4.52 Å². The summed E-state index contributed by atoms with van der Waals surface area (Å²) in [6.45, 7) is 0. The van der Waals surface area contributed by atoms with Gasteiger partial charge in [0.1, 0.15) is 0 Å². The van der Waals surface area contributed by atoms with E-state index in [1.165, 1.54) is 0 Å². The Hall–Kier alpha value is -0.610. The molecule has 0 radical (unpaired) electrons. The minimum Gasteiger partial charge on any atom is -0.355 e. The lowest BCUT2D eigenvalue weighted by Crippen LogP contribution is -1.64. The van der Waals surface area contributed by atoms with Gasteiger partial charge in [0.2, 0.25) is 0 Å². The molecular weight excluding hydrogens is 226 g/mol. The lowest BCUT2D eigenvalue weighted by molar-refractivity contribution is 0.433. The largest absolute Gasteiger partial charge is 0.355 e. The van der Waals surface area contributed by atoms with Crippen molar-refractivity contribution >= 4 is 27.3 Å². The molecular formula is C7H4BrNOS. The van der Waals surface area contributed by atoms with E-state index in [-0.39, 0.29) is 0 Å². The third-order valence-electron chi connectivity index (χ3n) is 1.28. The molecule has 0 aromatic carbocycles. The predicted octanol–water partition coefficient (Wildman–Crippen LogP) is 3.17. The van der Waals surface area contributed by atoms with Crippen LogP contribution in [0, 0.1) is 0 Å². The Morgan fingerprint density at radius 1 is 1.45 bits per heavy atom. The monoisotopic (exact) mass is 229 g/mol. The maximum absolute atomic E-state index is 4.99. The van der Waals surface area contributed by atoms with Gasteiger partial charge in [-0.25, -0.2) is 0 Å². The predicted molar refractivity (Wildman–Crippen MR) is 47.5 cm³/mol. The molecule has 0 saturated carbocycles. The standard InChI is InChI=1S/C7H4BrNOS/c8-5-2-4-11-7(5)6-1-3-9-10-6/h1-4H. The highest BCUT2D eigenvalue weighted by Crippen LogP contribution is 2.32. The average molecular weight is 230 g/mol. The first-order valence-corrected chi connectivity index (χ1v) is 4.69. The highest BCUT2D eigenvalue weighted by Gasteiger charge is 2.06. The first-order valence-electron chi connectivity index (χ1n) is 3.02. The summed E-state index contributed by atoms with van der Waals surface area (Å²) < 4.78 is 6.04. The number of thiophene rings is 1. The lowest BCUT2D eigenvalue weighted by atomic mass is 10.4. The maximum atomic E-state index is 4.99. The molecule has 0 aliphatic carbocycles. The van der Waals surface area contributed by atoms with Crippen LogP contribution in [0.1, 0.15) is 0 Å². The van der Waals surface area contributed by atoms with E-state index in [0.29, 0.717) is 0 Å². The molecule has 0 aliphatic heterocycles. The first-order chi connectivity index (χ1) is 5.38. The van der Waals surface area contributed by atoms with Crippen molar-refractivity contribution in [3.05, 3.63) is 28.2 Å². The minimum atomic E-state index is 0.812. The smallest absolute Gasteiger partial charge is 0.177 e. The quantitative estimate of drug-likeness (QED) is 0.751. The fraction of sp³-hybridized carbons (Fsp3) is 0. The molecule has 11 heavy (non-hydrogen) atoms. The Kier molecular flexibility index (Phi) is 1.79. The van der Waals surface area contributed by atoms with Crippen molar-refractivity contribution in [3.63, 3.8) is 0 Å². The topological polar surface area (TPSA) is 26.0 Å². The lowest BCUT2D eigenvalue weighted by Gasteiger charge is -1.87. The van der Waals surface area contributed by atoms with Gasteiger partial charge in [-0.1, -0.05) is 5.16 Å². The second kappa shape index (κ2) is 2.79. The molecule has 0 saturated heterocycles. The second-order valence-electron chi connectivity index (χ2n) is 1.97. The van der Waals surface area contributed by atoms with Gasteiger partial charge in [-0.3, -0.25) is 0 Å². The van der Waals surface area contributed by atoms with E-state index in [1.54, 1.807) is 17.5 Å². The molecule has 0 unspecified atom stereocenters. The molecule has 0 aliphatic rings. The van der Waals surface area contributed by atoms with E-state index >= 15 is 0 Å². The minimum absolute atomic E-state index is 0.812. The van der Waals surface area contributed by atoms with Crippen LogP contribution in [-0.4, -0.2) is 5.16 Å². The highest BCUT2D eigenvalue weighted by molar-refractivity contribution is 9.10. The summed E-state index contributed by atoms with van der Waals surface area (Å²) in [5.41, 5.74) is 0. The summed E-state index contributed by atoms with van der Waals surface area (Å²) in [6.07, 6.45) is 1.64. The maximum Gasteiger partial charge on any atom is 0.177 e. The highest BCUT2D eigenvalue weighted by atomic mass is 79.9. The van der Waals surface area contributed by atoms with Gasteiger partial charge in [-0.05, 0) is 27.4 Å². The number of aromatic nitrogens is 1. The molecule has 2 nitrogen and oxygen atoms in total. The van der Waals surface area contributed by atoms with E-state index in [0.717, 1.165) is 15.1 Å². The Bertz CT molecular complexity index is 341. The number of hydrogen-bond acceptors (Lipinski definition) is 3. The Morgan fingerprint density at radius 3 is 2.91 bits per heavy atom. The summed E-state index contributed by atoms with van der Waals surface area (Å²) in [7, 11) is 0. The summed E-state index contributed by atoms with van der Waals surface area (Å²) in [5.74, 6) is 0.812. The molecule has 56 valence electrons. The summed E-state index contributed by atoms with van der Waals surface area (Å²) >= 11 is 5.04. The third-order valence-corrected chi connectivity index (χ3v) is 3.13. The SMILES string of the molecule is Brc1ccsc1-c1ccno1. The van der Waals surface area contributed by atoms with Crippen LogP contribution in [-0.2, 0) is 0 Å². The van der Waals surface area contributed by atoms with Crippen LogP contribution < -0.4 is 0 Å². The normalized spacial score (nSPS) is 10.3. The van der Waals surface area contributed by atoms with Crippen molar-refractivity contribution in [3.8, 4) is 10.6 Å². The van der Waals surface area contributed by atoms with Gasteiger partial charge in [0.05, 0.1) is 11.1 Å². The van der Waals surface area contributed by atoms with E-state index in [9.17, 15) is 0 Å². The van der Waals surface area contributed by atoms with Crippen LogP contribution in [0.3, 0.4) is 0 Å². The van der Waals surface area contributed by atoms with Gasteiger partial charge in [-0.15, -0.1) is 11.3 Å². The molecule has 2 heterocycles.